The number of ketones is 1. The van der Waals surface area contributed by atoms with E-state index in [9.17, 15) is 14.4 Å². The van der Waals surface area contributed by atoms with E-state index in [0.717, 1.165) is 18.4 Å². The van der Waals surface area contributed by atoms with Crippen molar-refractivity contribution < 1.29 is 14.4 Å². The zero-order valence-corrected chi connectivity index (χ0v) is 15.5. The van der Waals surface area contributed by atoms with Gasteiger partial charge in [0.1, 0.15) is 5.82 Å². The molecule has 28 heavy (non-hydrogen) atoms. The number of amides is 2. The second-order valence-corrected chi connectivity index (χ2v) is 7.40. The molecule has 4 rings (SSSR count). The summed E-state index contributed by atoms with van der Waals surface area (Å²) < 4.78 is 0. The topological polar surface area (TPSA) is 92.3 Å². The van der Waals surface area contributed by atoms with Crippen LogP contribution < -0.4 is 5.32 Å². The van der Waals surface area contributed by atoms with Crippen LogP contribution in [0.5, 0.6) is 0 Å². The SMILES string of the molecule is O=C(NC1CC1)C(=O)[C@H]1CN(Cc2ncccn2)C(=O)[C@@H]1Cc1ccccc1. The Morgan fingerprint density at radius 3 is 2.46 bits per heavy atom. The zero-order valence-electron chi connectivity index (χ0n) is 15.5. The van der Waals surface area contributed by atoms with Gasteiger partial charge in [0.25, 0.3) is 5.91 Å². The van der Waals surface area contributed by atoms with Crippen LogP contribution in [-0.2, 0) is 27.3 Å². The molecule has 1 aliphatic heterocycles. The number of hydrogen-bond acceptors (Lipinski definition) is 5. The maximum absolute atomic E-state index is 13.1. The molecule has 2 aliphatic rings. The maximum Gasteiger partial charge on any atom is 0.287 e. The van der Waals surface area contributed by atoms with Gasteiger partial charge in [-0.25, -0.2) is 9.97 Å². The van der Waals surface area contributed by atoms with Gasteiger partial charge in [0, 0.05) is 25.0 Å². The third kappa shape index (κ3) is 4.08. The Balaban J connectivity index is 1.54. The highest BCUT2D eigenvalue weighted by Crippen LogP contribution is 2.30. The second-order valence-electron chi connectivity index (χ2n) is 7.40. The van der Waals surface area contributed by atoms with Gasteiger partial charge in [-0.15, -0.1) is 0 Å². The molecule has 1 aromatic heterocycles. The summed E-state index contributed by atoms with van der Waals surface area (Å²) in [5.74, 6) is -1.90. The van der Waals surface area contributed by atoms with Gasteiger partial charge < -0.3 is 10.2 Å². The zero-order chi connectivity index (χ0) is 19.5. The number of likely N-dealkylation sites (tertiary alicyclic amines) is 1. The van der Waals surface area contributed by atoms with E-state index in [1.165, 1.54) is 0 Å². The van der Waals surface area contributed by atoms with E-state index >= 15 is 0 Å². The number of Topliss-reactive ketones (excluding diaryl/α,β-unsaturated/α-hetero) is 1. The summed E-state index contributed by atoms with van der Waals surface area (Å²) in [6, 6.07) is 11.4. The predicted octanol–water partition coefficient (Wildman–Crippen LogP) is 1.14. The normalized spacial score (nSPS) is 21.6. The van der Waals surface area contributed by atoms with Crippen LogP contribution in [0.15, 0.2) is 48.8 Å². The Hall–Kier alpha value is -3.09. The van der Waals surface area contributed by atoms with Crippen molar-refractivity contribution in [2.45, 2.75) is 31.8 Å². The molecular weight excluding hydrogens is 356 g/mol. The minimum absolute atomic E-state index is 0.106. The van der Waals surface area contributed by atoms with E-state index in [4.69, 9.17) is 0 Å². The van der Waals surface area contributed by atoms with Gasteiger partial charge in [-0.05, 0) is 30.9 Å². The molecule has 0 spiro atoms. The molecule has 1 saturated heterocycles. The number of carbonyl (C=O) groups excluding carboxylic acids is 3. The monoisotopic (exact) mass is 378 g/mol. The van der Waals surface area contributed by atoms with Crippen molar-refractivity contribution in [2.24, 2.45) is 11.8 Å². The van der Waals surface area contributed by atoms with Crippen LogP contribution in [0.25, 0.3) is 0 Å². The van der Waals surface area contributed by atoms with Crippen LogP contribution in [0, 0.1) is 11.8 Å². The standard InChI is InChI=1S/C21H22N4O3/c26-19(20(27)24-15-7-8-15)17-12-25(13-18-22-9-4-10-23-18)21(28)16(17)11-14-5-2-1-3-6-14/h1-6,9-10,15-17H,7-8,11-13H2,(H,24,27)/t16-,17+/m1/s1. The van der Waals surface area contributed by atoms with E-state index in [-0.39, 0.29) is 25.0 Å². The molecule has 2 fully saturated rings. The summed E-state index contributed by atoms with van der Waals surface area (Å²) >= 11 is 0. The quantitative estimate of drug-likeness (QED) is 0.730. The smallest absolute Gasteiger partial charge is 0.287 e. The van der Waals surface area contributed by atoms with Gasteiger partial charge in [0.05, 0.1) is 18.4 Å². The van der Waals surface area contributed by atoms with Crippen LogP contribution >= 0.6 is 0 Å². The molecule has 0 unspecified atom stereocenters. The van der Waals surface area contributed by atoms with Crippen molar-refractivity contribution in [1.29, 1.82) is 0 Å². The molecule has 1 N–H and O–H groups in total. The van der Waals surface area contributed by atoms with Crippen molar-refractivity contribution >= 4 is 17.6 Å². The molecule has 0 bridgehead atoms. The molecule has 1 saturated carbocycles. The molecule has 144 valence electrons. The Labute approximate surface area is 163 Å². The Kier molecular flexibility index (Phi) is 5.14. The highest BCUT2D eigenvalue weighted by molar-refractivity contribution is 6.37. The lowest BCUT2D eigenvalue weighted by Crippen LogP contribution is -2.39. The van der Waals surface area contributed by atoms with Crippen LogP contribution in [0.4, 0.5) is 0 Å². The van der Waals surface area contributed by atoms with Crippen LogP contribution in [0.1, 0.15) is 24.2 Å². The summed E-state index contributed by atoms with van der Waals surface area (Å²) in [6.07, 6.45) is 5.49. The van der Waals surface area contributed by atoms with E-state index in [1.807, 2.05) is 30.3 Å². The molecule has 7 nitrogen and oxygen atoms in total. The minimum atomic E-state index is -0.657. The summed E-state index contributed by atoms with van der Waals surface area (Å²) in [4.78, 5) is 48.2. The maximum atomic E-state index is 13.1. The fraction of sp³-hybridized carbons (Fsp3) is 0.381. The molecule has 0 radical (unpaired) electrons. The number of carbonyl (C=O) groups is 3. The largest absolute Gasteiger partial charge is 0.347 e. The third-order valence-corrected chi connectivity index (χ3v) is 5.25. The Morgan fingerprint density at radius 2 is 1.79 bits per heavy atom. The van der Waals surface area contributed by atoms with Crippen molar-refractivity contribution in [2.75, 3.05) is 6.54 Å². The fourth-order valence-electron chi connectivity index (χ4n) is 3.60. The van der Waals surface area contributed by atoms with Crippen molar-refractivity contribution in [3.05, 3.63) is 60.2 Å². The fourth-order valence-corrected chi connectivity index (χ4v) is 3.60. The van der Waals surface area contributed by atoms with Crippen LogP contribution in [-0.4, -0.2) is 45.1 Å². The first-order chi connectivity index (χ1) is 13.6. The summed E-state index contributed by atoms with van der Waals surface area (Å²) in [7, 11) is 0. The van der Waals surface area contributed by atoms with Gasteiger partial charge >= 0.3 is 0 Å². The van der Waals surface area contributed by atoms with Crippen molar-refractivity contribution in [3.63, 3.8) is 0 Å². The highest BCUT2D eigenvalue weighted by atomic mass is 16.2. The van der Waals surface area contributed by atoms with E-state index in [1.54, 1.807) is 23.4 Å². The summed E-state index contributed by atoms with van der Waals surface area (Å²) in [6.45, 7) is 0.449. The van der Waals surface area contributed by atoms with Crippen molar-refractivity contribution in [3.8, 4) is 0 Å². The molecule has 1 aliphatic carbocycles. The van der Waals surface area contributed by atoms with Gasteiger partial charge in [-0.1, -0.05) is 30.3 Å². The number of rotatable bonds is 7. The number of hydrogen-bond donors (Lipinski definition) is 1. The average Bonchev–Trinajstić information content (AvgIpc) is 3.49. The lowest BCUT2D eigenvalue weighted by molar-refractivity contribution is -0.141. The molecule has 2 heterocycles. The second kappa shape index (κ2) is 7.88. The molecule has 2 atom stereocenters. The number of benzene rings is 1. The van der Waals surface area contributed by atoms with E-state index < -0.39 is 23.5 Å². The van der Waals surface area contributed by atoms with Crippen LogP contribution in [0.2, 0.25) is 0 Å². The minimum Gasteiger partial charge on any atom is -0.347 e. The first-order valence-corrected chi connectivity index (χ1v) is 9.55. The first kappa shape index (κ1) is 18.3. The third-order valence-electron chi connectivity index (χ3n) is 5.25. The van der Waals surface area contributed by atoms with E-state index in [2.05, 4.69) is 15.3 Å². The number of nitrogens with zero attached hydrogens (tertiary/aromatic N) is 3. The first-order valence-electron chi connectivity index (χ1n) is 9.55. The molecular formula is C21H22N4O3. The molecule has 1 aromatic carbocycles. The van der Waals surface area contributed by atoms with Gasteiger partial charge in [0.2, 0.25) is 11.7 Å². The van der Waals surface area contributed by atoms with Crippen LogP contribution in [0.3, 0.4) is 0 Å². The van der Waals surface area contributed by atoms with E-state index in [0.29, 0.717) is 12.2 Å². The average molecular weight is 378 g/mol. The van der Waals surface area contributed by atoms with Gasteiger partial charge in [-0.2, -0.15) is 0 Å². The Bertz CT molecular complexity index is 868. The van der Waals surface area contributed by atoms with Gasteiger partial charge in [-0.3, -0.25) is 14.4 Å². The lowest BCUT2D eigenvalue weighted by Gasteiger charge is -2.15. The summed E-state index contributed by atoms with van der Waals surface area (Å²) in [5, 5.41) is 2.75. The van der Waals surface area contributed by atoms with Gasteiger partial charge in [0.15, 0.2) is 0 Å². The summed E-state index contributed by atoms with van der Waals surface area (Å²) in [5.41, 5.74) is 0.971. The highest BCUT2D eigenvalue weighted by Gasteiger charge is 2.46. The Morgan fingerprint density at radius 1 is 1.07 bits per heavy atom. The lowest BCUT2D eigenvalue weighted by atomic mass is 9.86. The number of aromatic nitrogens is 2. The molecule has 2 aromatic rings. The van der Waals surface area contributed by atoms with Crippen molar-refractivity contribution in [1.82, 2.24) is 20.2 Å². The molecule has 7 heteroatoms. The number of nitrogens with one attached hydrogen (secondary N) is 1. The molecule has 2 amide bonds. The predicted molar refractivity (Wildman–Crippen MR) is 101 cm³/mol.